The van der Waals surface area contributed by atoms with E-state index in [4.69, 9.17) is 9.84 Å². The molecule has 5 nitrogen and oxygen atoms in total. The number of methoxy groups -OCH3 is 1. The first-order valence-electron chi connectivity index (χ1n) is 5.77. The van der Waals surface area contributed by atoms with Crippen molar-refractivity contribution in [3.05, 3.63) is 21.9 Å². The number of carbonyl (C=O) groups excluding carboxylic acids is 1. The number of likely N-dealkylation sites (tertiary alicyclic amines) is 1. The van der Waals surface area contributed by atoms with Gasteiger partial charge in [0.1, 0.15) is 4.88 Å². The summed E-state index contributed by atoms with van der Waals surface area (Å²) in [5.74, 6) is -1.07. The van der Waals surface area contributed by atoms with E-state index in [9.17, 15) is 9.59 Å². The van der Waals surface area contributed by atoms with Gasteiger partial charge >= 0.3 is 5.97 Å². The van der Waals surface area contributed by atoms with Crippen molar-refractivity contribution in [2.75, 3.05) is 20.2 Å². The normalized spacial score (nSPS) is 16.8. The van der Waals surface area contributed by atoms with Gasteiger partial charge in [0.25, 0.3) is 5.91 Å². The number of ether oxygens (including phenoxy) is 1. The number of carboxylic acids is 1. The number of aromatic carboxylic acids is 1. The third-order valence-electron chi connectivity index (χ3n) is 3.09. The molecule has 1 aromatic heterocycles. The Hall–Kier alpha value is -1.40. The lowest BCUT2D eigenvalue weighted by molar-refractivity contribution is 0.0353. The van der Waals surface area contributed by atoms with Crippen LogP contribution in [0.25, 0.3) is 0 Å². The second-order valence-corrected chi connectivity index (χ2v) is 5.28. The van der Waals surface area contributed by atoms with Crippen LogP contribution < -0.4 is 0 Å². The Balaban J connectivity index is 2.01. The maximum atomic E-state index is 12.1. The number of hydrogen-bond donors (Lipinski definition) is 1. The molecule has 0 unspecified atom stereocenters. The third-order valence-corrected chi connectivity index (χ3v) is 4.15. The van der Waals surface area contributed by atoms with E-state index in [2.05, 4.69) is 0 Å². The molecule has 2 rings (SSSR count). The Bertz CT molecular complexity index is 449. The lowest BCUT2D eigenvalue weighted by atomic mass is 10.1. The van der Waals surface area contributed by atoms with Crippen molar-refractivity contribution < 1.29 is 19.4 Å². The van der Waals surface area contributed by atoms with Crippen molar-refractivity contribution >= 4 is 23.2 Å². The zero-order valence-corrected chi connectivity index (χ0v) is 10.9. The van der Waals surface area contributed by atoms with Gasteiger partial charge in [-0.2, -0.15) is 0 Å². The lowest BCUT2D eigenvalue weighted by Gasteiger charge is -2.30. The number of nitrogens with zero attached hydrogens (tertiary/aromatic N) is 1. The van der Waals surface area contributed by atoms with Gasteiger partial charge in [-0.25, -0.2) is 4.79 Å². The van der Waals surface area contributed by atoms with Gasteiger partial charge in [-0.3, -0.25) is 4.79 Å². The van der Waals surface area contributed by atoms with E-state index < -0.39 is 5.97 Å². The molecular weight excluding hydrogens is 254 g/mol. The standard InChI is InChI=1S/C12H15NO4S/c1-17-8-4-6-13(7-5-8)11(14)9-2-3-10(18-9)12(15)16/h2-3,8H,4-7H2,1H3,(H,15,16). The molecule has 0 radical (unpaired) electrons. The molecular formula is C12H15NO4S. The molecule has 0 saturated carbocycles. The summed E-state index contributed by atoms with van der Waals surface area (Å²) in [6.07, 6.45) is 1.89. The van der Waals surface area contributed by atoms with E-state index in [1.165, 1.54) is 6.07 Å². The summed E-state index contributed by atoms with van der Waals surface area (Å²) in [6.45, 7) is 1.33. The summed E-state index contributed by atoms with van der Waals surface area (Å²) in [4.78, 5) is 25.3. The molecule has 1 N–H and O–H groups in total. The maximum Gasteiger partial charge on any atom is 0.345 e. The van der Waals surface area contributed by atoms with Gasteiger partial charge in [-0.15, -0.1) is 11.3 Å². The fourth-order valence-electron chi connectivity index (χ4n) is 2.02. The van der Waals surface area contributed by atoms with Crippen molar-refractivity contribution in [1.29, 1.82) is 0 Å². The molecule has 0 aliphatic carbocycles. The Morgan fingerprint density at radius 3 is 2.44 bits per heavy atom. The highest BCUT2D eigenvalue weighted by Gasteiger charge is 2.24. The second-order valence-electron chi connectivity index (χ2n) is 4.20. The monoisotopic (exact) mass is 269 g/mol. The molecule has 1 aromatic rings. The van der Waals surface area contributed by atoms with Gasteiger partial charge in [-0.1, -0.05) is 0 Å². The van der Waals surface area contributed by atoms with Gasteiger partial charge in [0.15, 0.2) is 0 Å². The van der Waals surface area contributed by atoms with Crippen LogP contribution in [0.5, 0.6) is 0 Å². The van der Waals surface area contributed by atoms with E-state index in [1.807, 2.05) is 0 Å². The topological polar surface area (TPSA) is 66.8 Å². The molecule has 1 saturated heterocycles. The van der Waals surface area contributed by atoms with Gasteiger partial charge in [0.05, 0.1) is 11.0 Å². The lowest BCUT2D eigenvalue weighted by Crippen LogP contribution is -2.40. The molecule has 1 fully saturated rings. The minimum Gasteiger partial charge on any atom is -0.477 e. The van der Waals surface area contributed by atoms with Crippen molar-refractivity contribution in [1.82, 2.24) is 4.90 Å². The molecule has 0 bridgehead atoms. The first-order valence-corrected chi connectivity index (χ1v) is 6.58. The zero-order valence-electron chi connectivity index (χ0n) is 10.1. The number of amides is 1. The number of carboxylic acid groups (broad SMARTS) is 1. The van der Waals surface area contributed by atoms with Crippen molar-refractivity contribution in [2.24, 2.45) is 0 Å². The van der Waals surface area contributed by atoms with Gasteiger partial charge in [0, 0.05) is 20.2 Å². The average Bonchev–Trinajstić information content (AvgIpc) is 2.88. The molecule has 1 aliphatic heterocycles. The molecule has 0 atom stereocenters. The predicted octanol–water partition coefficient (Wildman–Crippen LogP) is 1.70. The smallest absolute Gasteiger partial charge is 0.345 e. The molecule has 2 heterocycles. The van der Waals surface area contributed by atoms with Gasteiger partial charge in [-0.05, 0) is 25.0 Å². The van der Waals surface area contributed by atoms with Crippen LogP contribution in [0.15, 0.2) is 12.1 Å². The first kappa shape index (κ1) is 13.0. The van der Waals surface area contributed by atoms with Crippen molar-refractivity contribution in [3.63, 3.8) is 0 Å². The van der Waals surface area contributed by atoms with Crippen LogP contribution >= 0.6 is 11.3 Å². The first-order chi connectivity index (χ1) is 8.61. The zero-order chi connectivity index (χ0) is 13.1. The number of hydrogen-bond acceptors (Lipinski definition) is 4. The maximum absolute atomic E-state index is 12.1. The molecule has 6 heteroatoms. The molecule has 1 aliphatic rings. The van der Waals surface area contributed by atoms with Crippen molar-refractivity contribution in [3.8, 4) is 0 Å². The van der Waals surface area contributed by atoms with E-state index in [0.717, 1.165) is 24.2 Å². The second kappa shape index (κ2) is 5.49. The third kappa shape index (κ3) is 2.70. The largest absolute Gasteiger partial charge is 0.477 e. The van der Waals surface area contributed by atoms with E-state index in [0.29, 0.717) is 18.0 Å². The summed E-state index contributed by atoms with van der Waals surface area (Å²) in [5, 5.41) is 8.83. The van der Waals surface area contributed by atoms with Crippen LogP contribution in [0.3, 0.4) is 0 Å². The molecule has 18 heavy (non-hydrogen) atoms. The molecule has 1 amide bonds. The fraction of sp³-hybridized carbons (Fsp3) is 0.500. The SMILES string of the molecule is COC1CCN(C(=O)c2ccc(C(=O)O)s2)CC1. The summed E-state index contributed by atoms with van der Waals surface area (Å²) < 4.78 is 5.25. The number of carbonyl (C=O) groups is 2. The van der Waals surface area contributed by atoms with Gasteiger partial charge < -0.3 is 14.7 Å². The minimum absolute atomic E-state index is 0.0814. The Labute approximate surface area is 109 Å². The van der Waals surface area contributed by atoms with Crippen LogP contribution in [-0.4, -0.2) is 48.2 Å². The summed E-state index contributed by atoms with van der Waals surface area (Å²) >= 11 is 1.03. The highest BCUT2D eigenvalue weighted by atomic mass is 32.1. The van der Waals surface area contributed by atoms with E-state index >= 15 is 0 Å². The molecule has 98 valence electrons. The Morgan fingerprint density at radius 1 is 1.33 bits per heavy atom. The predicted molar refractivity (Wildman–Crippen MR) is 67.2 cm³/mol. The molecule has 0 aromatic carbocycles. The van der Waals surface area contributed by atoms with Gasteiger partial charge in [0.2, 0.25) is 0 Å². The van der Waals surface area contributed by atoms with Crippen LogP contribution in [-0.2, 0) is 4.74 Å². The van der Waals surface area contributed by atoms with Crippen molar-refractivity contribution in [2.45, 2.75) is 18.9 Å². The Kier molecular flexibility index (Phi) is 3.98. The Morgan fingerprint density at radius 2 is 1.94 bits per heavy atom. The quantitative estimate of drug-likeness (QED) is 0.907. The molecule has 0 spiro atoms. The average molecular weight is 269 g/mol. The van der Waals surface area contributed by atoms with Crippen LogP contribution in [0.1, 0.15) is 32.2 Å². The minimum atomic E-state index is -0.989. The van der Waals surface area contributed by atoms with E-state index in [1.54, 1.807) is 18.1 Å². The highest BCUT2D eigenvalue weighted by molar-refractivity contribution is 7.15. The van der Waals surface area contributed by atoms with Crippen LogP contribution in [0.4, 0.5) is 0 Å². The number of rotatable bonds is 3. The number of thiophene rings is 1. The highest BCUT2D eigenvalue weighted by Crippen LogP contribution is 2.21. The summed E-state index contributed by atoms with van der Waals surface area (Å²) in [7, 11) is 1.68. The number of piperidine rings is 1. The van der Waals surface area contributed by atoms with Crippen LogP contribution in [0.2, 0.25) is 0 Å². The fourth-order valence-corrected chi connectivity index (χ4v) is 2.83. The van der Waals surface area contributed by atoms with Crippen LogP contribution in [0, 0.1) is 0 Å². The summed E-state index contributed by atoms with van der Waals surface area (Å²) in [5.41, 5.74) is 0. The summed E-state index contributed by atoms with van der Waals surface area (Å²) in [6, 6.07) is 3.06. The van der Waals surface area contributed by atoms with E-state index in [-0.39, 0.29) is 16.9 Å².